The van der Waals surface area contributed by atoms with Gasteiger partial charge in [0, 0.05) is 41.7 Å². The molecule has 366 valence electrons. The van der Waals surface area contributed by atoms with E-state index in [-0.39, 0.29) is 19.8 Å². The number of nitrogens with zero attached hydrogens (tertiary/aromatic N) is 6. The molecule has 0 spiro atoms. The summed E-state index contributed by atoms with van der Waals surface area (Å²) < 4.78 is 90.7. The lowest BCUT2D eigenvalue weighted by atomic mass is 9.93. The lowest BCUT2D eigenvalue weighted by Crippen LogP contribution is -2.68. The van der Waals surface area contributed by atoms with Gasteiger partial charge in [0.25, 0.3) is 0 Å². The number of esters is 3. The van der Waals surface area contributed by atoms with Crippen LogP contribution in [0.3, 0.4) is 0 Å². The van der Waals surface area contributed by atoms with Gasteiger partial charge in [-0.1, -0.05) is 77.0 Å². The van der Waals surface area contributed by atoms with E-state index in [2.05, 4.69) is 26.6 Å². The summed E-state index contributed by atoms with van der Waals surface area (Å²) in [6.45, 7) is 6.13. The minimum absolute atomic E-state index is 0.0277. The van der Waals surface area contributed by atoms with Gasteiger partial charge in [-0.25, -0.2) is 4.79 Å². The van der Waals surface area contributed by atoms with E-state index in [9.17, 15) is 30.2 Å². The van der Waals surface area contributed by atoms with E-state index < -0.39 is 135 Å². The average molecular weight is 955 g/mol. The Labute approximate surface area is 388 Å². The summed E-state index contributed by atoms with van der Waals surface area (Å²) in [6.07, 6.45) is -20.1. The molecular formula is C43H50N6O19. The smallest absolute Gasteiger partial charge is 0.463 e. The second-order valence-electron chi connectivity index (χ2n) is 15.7. The molecule has 25 heteroatoms. The molecule has 0 radical (unpaired) electrons. The van der Waals surface area contributed by atoms with E-state index in [0.717, 1.165) is 27.9 Å². The molecule has 68 heavy (non-hydrogen) atoms. The van der Waals surface area contributed by atoms with Gasteiger partial charge in [0.1, 0.15) is 61.4 Å². The molecule has 5 aliphatic heterocycles. The summed E-state index contributed by atoms with van der Waals surface area (Å²) in [5.74, 6) is -2.53. The van der Waals surface area contributed by atoms with Crippen molar-refractivity contribution in [3.63, 3.8) is 0 Å². The van der Waals surface area contributed by atoms with E-state index >= 15 is 0 Å². The third kappa shape index (κ3) is 11.8. The van der Waals surface area contributed by atoms with Crippen LogP contribution in [0.5, 0.6) is 0 Å². The highest BCUT2D eigenvalue weighted by Crippen LogP contribution is 2.43. The molecule has 0 aliphatic carbocycles. The first-order valence-electron chi connectivity index (χ1n) is 21.4. The number of hydrogen-bond acceptors (Lipinski definition) is 21. The van der Waals surface area contributed by atoms with Crippen molar-refractivity contribution in [3.05, 3.63) is 105 Å². The maximum atomic E-state index is 12.9. The van der Waals surface area contributed by atoms with Gasteiger partial charge in [0.05, 0.1) is 26.9 Å². The van der Waals surface area contributed by atoms with Crippen molar-refractivity contribution in [2.75, 3.05) is 33.5 Å². The molecule has 25 nitrogen and oxygen atoms in total. The van der Waals surface area contributed by atoms with Crippen LogP contribution < -0.4 is 0 Å². The highest BCUT2D eigenvalue weighted by molar-refractivity contribution is 5.68. The first-order chi connectivity index (χ1) is 32.9. The fraction of sp³-hybridized carbons (Fsp3) is 0.581. The third-order valence-electron chi connectivity index (χ3n) is 11.1. The Kier molecular flexibility index (Phi) is 17.2. The fourth-order valence-electron chi connectivity index (χ4n) is 8.34. The Morgan fingerprint density at radius 2 is 1.18 bits per heavy atom. The molecule has 0 aromatic heterocycles. The van der Waals surface area contributed by atoms with Gasteiger partial charge >= 0.3 is 24.1 Å². The van der Waals surface area contributed by atoms with Gasteiger partial charge in [-0.2, -0.15) is 0 Å². The number of benzene rings is 2. The molecule has 2 unspecified atom stereocenters. The van der Waals surface area contributed by atoms with Gasteiger partial charge in [0.15, 0.2) is 49.8 Å². The topological polar surface area (TPSA) is 304 Å². The highest BCUT2D eigenvalue weighted by Gasteiger charge is 2.59. The normalized spacial score (nSPS) is 35.3. The maximum Gasteiger partial charge on any atom is 0.508 e. The van der Waals surface area contributed by atoms with E-state index in [0.29, 0.717) is 11.1 Å². The van der Waals surface area contributed by atoms with Crippen molar-refractivity contribution < 1.29 is 90.2 Å². The average Bonchev–Trinajstić information content (AvgIpc) is 3.33. The number of azide groups is 2. The zero-order chi connectivity index (χ0) is 48.3. The number of hydrogen-bond donors (Lipinski definition) is 0. The number of rotatable bonds is 16. The van der Waals surface area contributed by atoms with Gasteiger partial charge in [0.2, 0.25) is 0 Å². The van der Waals surface area contributed by atoms with Crippen LogP contribution in [0.2, 0.25) is 0 Å². The second-order valence-corrected chi connectivity index (χ2v) is 15.7. The van der Waals surface area contributed by atoms with Crippen molar-refractivity contribution in [3.8, 4) is 0 Å². The Balaban J connectivity index is 1.31. The second kappa shape index (κ2) is 23.4. The Morgan fingerprint density at radius 3 is 1.68 bits per heavy atom. The molecule has 0 N–H and O–H groups in total. The fourth-order valence-corrected chi connectivity index (χ4v) is 8.34. The lowest BCUT2D eigenvalue weighted by molar-refractivity contribution is -0.394. The van der Waals surface area contributed by atoms with Crippen LogP contribution in [-0.2, 0) is 85.4 Å². The number of carbonyl (C=O) groups is 4. The summed E-state index contributed by atoms with van der Waals surface area (Å²) in [7, 11) is 1.01. The lowest BCUT2D eigenvalue weighted by Gasteiger charge is -2.52. The molecular weight excluding hydrogens is 904 g/mol. The summed E-state index contributed by atoms with van der Waals surface area (Å²) >= 11 is 0. The Hall–Kier alpha value is -5.92. The molecule has 5 fully saturated rings. The first kappa shape index (κ1) is 50.0. The molecule has 2 aromatic carbocycles. The van der Waals surface area contributed by atoms with Crippen molar-refractivity contribution in [2.24, 2.45) is 10.2 Å². The van der Waals surface area contributed by atoms with E-state index in [4.69, 9.17) is 71.1 Å². The van der Waals surface area contributed by atoms with Crippen LogP contribution in [0.1, 0.15) is 44.5 Å². The largest absolute Gasteiger partial charge is 0.508 e. The minimum atomic E-state index is -1.85. The van der Waals surface area contributed by atoms with Crippen molar-refractivity contribution in [2.45, 2.75) is 125 Å². The maximum absolute atomic E-state index is 12.9. The summed E-state index contributed by atoms with van der Waals surface area (Å²) in [4.78, 5) is 56.4. The van der Waals surface area contributed by atoms with Gasteiger partial charge in [-0.3, -0.25) is 14.4 Å². The van der Waals surface area contributed by atoms with Crippen LogP contribution >= 0.6 is 0 Å². The van der Waals surface area contributed by atoms with E-state index in [1.807, 2.05) is 6.07 Å². The quantitative estimate of drug-likeness (QED) is 0.0565. The molecule has 2 aromatic rings. The summed E-state index contributed by atoms with van der Waals surface area (Å²) in [5, 5.41) is 8.13. The molecule has 7 rings (SSSR count). The Morgan fingerprint density at radius 1 is 0.662 bits per heavy atom. The van der Waals surface area contributed by atoms with Crippen molar-refractivity contribution in [1.29, 1.82) is 0 Å². The zero-order valence-electron chi connectivity index (χ0n) is 37.1. The van der Waals surface area contributed by atoms with Crippen LogP contribution in [0.15, 0.2) is 83.5 Å². The highest BCUT2D eigenvalue weighted by atomic mass is 16.8. The molecule has 5 heterocycles. The predicted octanol–water partition coefficient (Wildman–Crippen LogP) is 4.30. The minimum Gasteiger partial charge on any atom is -0.463 e. The molecule has 0 amide bonds. The number of carbonyl (C=O) groups excluding carboxylic acids is 4. The van der Waals surface area contributed by atoms with Crippen molar-refractivity contribution >= 4 is 24.1 Å². The standard InChI is InChI=1S/C43H50N6O19/c1-6-17-55-40-29(46-48-44)34(31-27(61-40)19-57-38(64-31)24-13-9-7-10-14-24)66-41-30(47-49-45)35(32-28(62-41)20-58-39(65-32)25-15-11-8-12-16-25)67-42-37(68-43(53)54-5)36(60-23(4)52)33(59-22(3)51)26(63-42)18-56-21(2)50/h6-16,26-42H,1,17-20H2,2-5H3/t26-,27-,28-,29-,30-,31+,32+,33+,34-,35-,36+,37-,38?,39?,40-,41-,42+/m1/s1. The summed E-state index contributed by atoms with van der Waals surface area (Å²) in [6, 6.07) is 15.0. The van der Waals surface area contributed by atoms with Crippen LogP contribution in [-0.4, -0.2) is 150 Å². The van der Waals surface area contributed by atoms with Crippen LogP contribution in [0, 0.1) is 0 Å². The molecule has 5 aliphatic rings. The number of fused-ring (bicyclic) bond motifs is 2. The molecule has 17 atom stereocenters. The van der Waals surface area contributed by atoms with Crippen LogP contribution in [0.4, 0.5) is 4.79 Å². The zero-order valence-corrected chi connectivity index (χ0v) is 37.1. The van der Waals surface area contributed by atoms with E-state index in [1.54, 1.807) is 54.6 Å². The van der Waals surface area contributed by atoms with Gasteiger partial charge < -0.3 is 71.1 Å². The summed E-state index contributed by atoms with van der Waals surface area (Å²) in [5.41, 5.74) is 21.4. The molecule has 0 saturated carbocycles. The molecule has 5 saturated heterocycles. The van der Waals surface area contributed by atoms with Gasteiger partial charge in [-0.05, 0) is 11.1 Å². The molecule has 0 bridgehead atoms. The number of methoxy groups -OCH3 is 1. The monoisotopic (exact) mass is 954 g/mol. The van der Waals surface area contributed by atoms with E-state index in [1.165, 1.54) is 6.08 Å². The van der Waals surface area contributed by atoms with Crippen LogP contribution in [0.25, 0.3) is 20.9 Å². The van der Waals surface area contributed by atoms with Crippen molar-refractivity contribution in [1.82, 2.24) is 0 Å². The first-order valence-corrected chi connectivity index (χ1v) is 21.4. The van der Waals surface area contributed by atoms with Gasteiger partial charge in [-0.15, -0.1) is 6.58 Å². The SMILES string of the molecule is C=CCO[C@@H]1O[C@@H]2COC(c3ccccc3)O[C@@H]2[C@H](O[C@H]2O[C@@H]3COC(c4ccccc4)O[C@@H]3[C@H](O[C@@H]3O[C@H](COC(C)=O)[C@H](OC(C)=O)[C@H](OC(C)=O)[C@H]3OC(=O)OC)[C@H]2N=[N+]=[N-])[C@H]1N=[N+]=[N-]. The predicted molar refractivity (Wildman–Crippen MR) is 223 cm³/mol. The Bertz CT molecular complexity index is 2170. The third-order valence-corrected chi connectivity index (χ3v) is 11.1. The number of ether oxygens (including phenoxy) is 15.